The van der Waals surface area contributed by atoms with Crippen LogP contribution >= 0.6 is 11.8 Å². The van der Waals surface area contributed by atoms with Gasteiger partial charge < -0.3 is 15.7 Å². The summed E-state index contributed by atoms with van der Waals surface area (Å²) in [5.74, 6) is 3.03. The second-order valence-corrected chi connectivity index (χ2v) is 5.52. The summed E-state index contributed by atoms with van der Waals surface area (Å²) in [6.45, 7) is 4.12. The fraction of sp³-hybridized carbons (Fsp3) is 0.667. The van der Waals surface area contributed by atoms with E-state index in [1.165, 1.54) is 0 Å². The summed E-state index contributed by atoms with van der Waals surface area (Å²) in [6, 6.07) is -0.285. The minimum Gasteiger partial charge on any atom is -0.481 e. The van der Waals surface area contributed by atoms with Crippen LogP contribution in [0.4, 0.5) is 4.79 Å². The fourth-order valence-corrected chi connectivity index (χ4v) is 1.71. The molecule has 0 heterocycles. The maximum Gasteiger partial charge on any atom is 0.315 e. The SMILES string of the molecule is C#CCSCCNC(=O)NC(C)(C)CCC(=O)O. The topological polar surface area (TPSA) is 78.4 Å². The van der Waals surface area contributed by atoms with Gasteiger partial charge in [-0.1, -0.05) is 5.92 Å². The molecule has 0 aromatic heterocycles. The lowest BCUT2D eigenvalue weighted by Gasteiger charge is -2.25. The third-order valence-electron chi connectivity index (χ3n) is 2.13. The molecule has 0 rings (SSSR count). The van der Waals surface area contributed by atoms with Gasteiger partial charge in [-0.2, -0.15) is 0 Å². The zero-order valence-corrected chi connectivity index (χ0v) is 11.6. The van der Waals surface area contributed by atoms with Gasteiger partial charge in [0.15, 0.2) is 0 Å². The number of hydrogen-bond donors (Lipinski definition) is 3. The predicted octanol–water partition coefficient (Wildman–Crippen LogP) is 1.30. The molecule has 0 bridgehead atoms. The number of carboxylic acid groups (broad SMARTS) is 1. The van der Waals surface area contributed by atoms with E-state index >= 15 is 0 Å². The highest BCUT2D eigenvalue weighted by Crippen LogP contribution is 2.10. The lowest BCUT2D eigenvalue weighted by molar-refractivity contribution is -0.137. The Hall–Kier alpha value is -1.35. The molecule has 18 heavy (non-hydrogen) atoms. The molecular formula is C12H20N2O3S. The van der Waals surface area contributed by atoms with Gasteiger partial charge in [0.1, 0.15) is 0 Å². The van der Waals surface area contributed by atoms with Crippen LogP contribution in [-0.4, -0.2) is 40.7 Å². The van der Waals surface area contributed by atoms with E-state index in [1.807, 2.05) is 0 Å². The van der Waals surface area contributed by atoms with Crippen LogP contribution in [0, 0.1) is 12.3 Å². The van der Waals surface area contributed by atoms with E-state index in [0.717, 1.165) is 5.75 Å². The Morgan fingerprint density at radius 2 is 2.11 bits per heavy atom. The first-order valence-corrected chi connectivity index (χ1v) is 6.82. The van der Waals surface area contributed by atoms with E-state index in [1.54, 1.807) is 25.6 Å². The van der Waals surface area contributed by atoms with Crippen molar-refractivity contribution in [3.63, 3.8) is 0 Å². The normalized spacial score (nSPS) is 10.5. The second kappa shape index (κ2) is 8.70. The Morgan fingerprint density at radius 3 is 2.67 bits per heavy atom. The minimum absolute atomic E-state index is 0.0330. The highest BCUT2D eigenvalue weighted by molar-refractivity contribution is 7.99. The molecule has 5 nitrogen and oxygen atoms in total. The van der Waals surface area contributed by atoms with E-state index < -0.39 is 11.5 Å². The quantitative estimate of drug-likeness (QED) is 0.459. The first-order valence-electron chi connectivity index (χ1n) is 5.66. The number of urea groups is 1. The highest BCUT2D eigenvalue weighted by Gasteiger charge is 2.21. The summed E-state index contributed by atoms with van der Waals surface area (Å²) in [6.07, 6.45) is 5.52. The molecule has 0 fully saturated rings. The van der Waals surface area contributed by atoms with Gasteiger partial charge in [0.05, 0.1) is 5.75 Å². The molecule has 0 atom stereocenters. The van der Waals surface area contributed by atoms with Crippen LogP contribution < -0.4 is 10.6 Å². The van der Waals surface area contributed by atoms with Crippen molar-refractivity contribution in [3.8, 4) is 12.3 Å². The van der Waals surface area contributed by atoms with Crippen molar-refractivity contribution in [2.24, 2.45) is 0 Å². The average molecular weight is 272 g/mol. The Kier molecular flexibility index (Phi) is 8.05. The third kappa shape index (κ3) is 9.85. The van der Waals surface area contributed by atoms with Crippen molar-refractivity contribution in [3.05, 3.63) is 0 Å². The van der Waals surface area contributed by atoms with Gasteiger partial charge in [-0.05, 0) is 20.3 Å². The molecule has 0 radical (unpaired) electrons. The zero-order chi connectivity index (χ0) is 14.0. The number of hydrogen-bond acceptors (Lipinski definition) is 3. The first-order chi connectivity index (χ1) is 8.37. The monoisotopic (exact) mass is 272 g/mol. The molecule has 0 unspecified atom stereocenters. The molecule has 0 saturated carbocycles. The summed E-state index contributed by atoms with van der Waals surface area (Å²) >= 11 is 1.57. The van der Waals surface area contributed by atoms with Crippen molar-refractivity contribution < 1.29 is 14.7 Å². The van der Waals surface area contributed by atoms with Gasteiger partial charge in [-0.15, -0.1) is 18.2 Å². The molecule has 0 aromatic rings. The van der Waals surface area contributed by atoms with Gasteiger partial charge in [0, 0.05) is 24.3 Å². The molecule has 0 aliphatic carbocycles. The zero-order valence-electron chi connectivity index (χ0n) is 10.8. The number of carbonyl (C=O) groups is 2. The number of amides is 2. The maximum absolute atomic E-state index is 11.5. The summed E-state index contributed by atoms with van der Waals surface area (Å²) in [5.41, 5.74) is -0.533. The summed E-state index contributed by atoms with van der Waals surface area (Å²) in [5, 5.41) is 14.0. The number of aliphatic carboxylic acids is 1. The average Bonchev–Trinajstić information content (AvgIpc) is 2.26. The first kappa shape index (κ1) is 16.6. The van der Waals surface area contributed by atoms with Gasteiger partial charge >= 0.3 is 12.0 Å². The Balaban J connectivity index is 3.78. The van der Waals surface area contributed by atoms with Crippen molar-refractivity contribution >= 4 is 23.8 Å². The summed E-state index contributed by atoms with van der Waals surface area (Å²) < 4.78 is 0. The number of carbonyl (C=O) groups excluding carboxylic acids is 1. The van der Waals surface area contributed by atoms with Crippen LogP contribution in [0.25, 0.3) is 0 Å². The smallest absolute Gasteiger partial charge is 0.315 e. The molecule has 6 heteroatoms. The highest BCUT2D eigenvalue weighted by atomic mass is 32.2. The standard InChI is InChI=1S/C12H20N2O3S/c1-4-8-18-9-7-13-11(17)14-12(2,3)6-5-10(15)16/h1H,5-9H2,2-3H3,(H,15,16)(H2,13,14,17). The van der Waals surface area contributed by atoms with Gasteiger partial charge in [0.2, 0.25) is 0 Å². The Bertz CT molecular complexity index is 324. The fourth-order valence-electron chi connectivity index (χ4n) is 1.20. The van der Waals surface area contributed by atoms with Crippen molar-refractivity contribution in [1.29, 1.82) is 0 Å². The van der Waals surface area contributed by atoms with Crippen LogP contribution in [-0.2, 0) is 4.79 Å². The molecule has 102 valence electrons. The molecule has 0 aromatic carbocycles. The van der Waals surface area contributed by atoms with Gasteiger partial charge in [-0.25, -0.2) is 4.79 Å². The van der Waals surface area contributed by atoms with Crippen molar-refractivity contribution in [2.75, 3.05) is 18.1 Å². The van der Waals surface area contributed by atoms with Crippen LogP contribution in [0.1, 0.15) is 26.7 Å². The largest absolute Gasteiger partial charge is 0.481 e. The number of carboxylic acids is 1. The van der Waals surface area contributed by atoms with Crippen molar-refractivity contribution in [2.45, 2.75) is 32.2 Å². The Morgan fingerprint density at radius 1 is 1.44 bits per heavy atom. The van der Waals surface area contributed by atoms with E-state index in [2.05, 4.69) is 16.6 Å². The maximum atomic E-state index is 11.5. The number of terminal acetylenes is 1. The summed E-state index contributed by atoms with van der Waals surface area (Å²) in [7, 11) is 0. The number of rotatable bonds is 8. The van der Waals surface area contributed by atoms with Gasteiger partial charge in [0.25, 0.3) is 0 Å². The number of thioether (sulfide) groups is 1. The minimum atomic E-state index is -0.865. The van der Waals surface area contributed by atoms with Crippen LogP contribution in [0.15, 0.2) is 0 Å². The lowest BCUT2D eigenvalue weighted by Crippen LogP contribution is -2.49. The van der Waals surface area contributed by atoms with Crippen LogP contribution in [0.5, 0.6) is 0 Å². The molecule has 0 aliphatic heterocycles. The van der Waals surface area contributed by atoms with Crippen LogP contribution in [0.2, 0.25) is 0 Å². The predicted molar refractivity (Wildman–Crippen MR) is 73.6 cm³/mol. The molecular weight excluding hydrogens is 252 g/mol. The van der Waals surface area contributed by atoms with Crippen LogP contribution in [0.3, 0.4) is 0 Å². The molecule has 0 saturated heterocycles. The van der Waals surface area contributed by atoms with E-state index in [0.29, 0.717) is 18.7 Å². The second-order valence-electron chi connectivity index (χ2n) is 4.42. The lowest BCUT2D eigenvalue weighted by atomic mass is 9.99. The third-order valence-corrected chi connectivity index (χ3v) is 3.00. The Labute approximate surface area is 112 Å². The van der Waals surface area contributed by atoms with Crippen molar-refractivity contribution in [1.82, 2.24) is 10.6 Å². The summed E-state index contributed by atoms with van der Waals surface area (Å²) in [4.78, 5) is 22.0. The van der Waals surface area contributed by atoms with E-state index in [-0.39, 0.29) is 12.5 Å². The number of nitrogens with one attached hydrogen (secondary N) is 2. The molecule has 2 amide bonds. The molecule has 3 N–H and O–H groups in total. The molecule has 0 aliphatic rings. The van der Waals surface area contributed by atoms with Gasteiger partial charge in [-0.3, -0.25) is 4.79 Å². The van der Waals surface area contributed by atoms with E-state index in [4.69, 9.17) is 11.5 Å². The van der Waals surface area contributed by atoms with E-state index in [9.17, 15) is 9.59 Å². The molecule has 0 spiro atoms.